The lowest BCUT2D eigenvalue weighted by Gasteiger charge is -2.33. The number of amides is 1. The molecule has 0 spiro atoms. The zero-order valence-electron chi connectivity index (χ0n) is 11.8. The molecule has 0 aromatic heterocycles. The highest BCUT2D eigenvalue weighted by Crippen LogP contribution is 2.37. The summed E-state index contributed by atoms with van der Waals surface area (Å²) in [5.41, 5.74) is 0.876. The zero-order valence-corrected chi connectivity index (χ0v) is 13.4. The molecule has 1 amide bonds. The number of fused-ring (bicyclic) bond motifs is 1. The Morgan fingerprint density at radius 1 is 1.41 bits per heavy atom. The Morgan fingerprint density at radius 2 is 2.23 bits per heavy atom. The van der Waals surface area contributed by atoms with E-state index < -0.39 is 12.1 Å². The minimum Gasteiger partial charge on any atom is -0.492 e. The molecule has 0 radical (unpaired) electrons. The summed E-state index contributed by atoms with van der Waals surface area (Å²) in [6.45, 7) is 1.48. The molecule has 1 aromatic rings. The van der Waals surface area contributed by atoms with Gasteiger partial charge in [-0.3, -0.25) is 9.59 Å². The number of carboxylic acid groups (broad SMARTS) is 1. The van der Waals surface area contributed by atoms with Crippen LogP contribution in [-0.2, 0) is 14.3 Å². The number of halogens is 1. The highest BCUT2D eigenvalue weighted by atomic mass is 79.9. The zero-order chi connectivity index (χ0) is 15.7. The van der Waals surface area contributed by atoms with Crippen LogP contribution in [0.15, 0.2) is 22.7 Å². The third-order valence-corrected chi connectivity index (χ3v) is 4.40. The van der Waals surface area contributed by atoms with Crippen molar-refractivity contribution < 1.29 is 24.2 Å². The van der Waals surface area contributed by atoms with Crippen molar-refractivity contribution in [2.75, 3.05) is 26.3 Å². The number of aliphatic carboxylic acids is 1. The highest BCUT2D eigenvalue weighted by Gasteiger charge is 2.36. The summed E-state index contributed by atoms with van der Waals surface area (Å²) in [5.74, 6) is -0.554. The van der Waals surface area contributed by atoms with Crippen LogP contribution in [0.3, 0.4) is 0 Å². The fraction of sp³-hybridized carbons (Fsp3) is 0.467. The maximum atomic E-state index is 12.7. The number of ether oxygens (including phenoxy) is 2. The van der Waals surface area contributed by atoms with E-state index in [-0.39, 0.29) is 18.2 Å². The SMILES string of the molecule is O=C(O)CC1CN(C(=O)C2COc3ccc(Br)cc32)CCO1. The molecule has 0 aliphatic carbocycles. The number of carbonyl (C=O) groups excluding carboxylic acids is 1. The Bertz CT molecular complexity index is 606. The number of carboxylic acids is 1. The van der Waals surface area contributed by atoms with Crippen LogP contribution in [0.1, 0.15) is 17.9 Å². The molecule has 7 heteroatoms. The van der Waals surface area contributed by atoms with Gasteiger partial charge in [0.2, 0.25) is 5.91 Å². The topological polar surface area (TPSA) is 76.1 Å². The van der Waals surface area contributed by atoms with E-state index >= 15 is 0 Å². The van der Waals surface area contributed by atoms with Gasteiger partial charge in [-0.05, 0) is 18.2 Å². The lowest BCUT2D eigenvalue weighted by Crippen LogP contribution is -2.48. The summed E-state index contributed by atoms with van der Waals surface area (Å²) >= 11 is 3.41. The van der Waals surface area contributed by atoms with Crippen LogP contribution in [0.2, 0.25) is 0 Å². The Labute approximate surface area is 136 Å². The van der Waals surface area contributed by atoms with E-state index in [0.717, 1.165) is 15.8 Å². The summed E-state index contributed by atoms with van der Waals surface area (Å²) in [6.07, 6.45) is -0.535. The van der Waals surface area contributed by atoms with Crippen molar-refractivity contribution >= 4 is 27.8 Å². The summed E-state index contributed by atoms with van der Waals surface area (Å²) in [6, 6.07) is 5.63. The van der Waals surface area contributed by atoms with Gasteiger partial charge in [0, 0.05) is 23.1 Å². The molecule has 1 aromatic carbocycles. The second-order valence-electron chi connectivity index (χ2n) is 5.42. The number of nitrogens with zero attached hydrogens (tertiary/aromatic N) is 1. The molecule has 6 nitrogen and oxygen atoms in total. The molecule has 1 fully saturated rings. The first kappa shape index (κ1) is 15.3. The lowest BCUT2D eigenvalue weighted by molar-refractivity contribution is -0.148. The van der Waals surface area contributed by atoms with E-state index in [1.54, 1.807) is 4.90 Å². The minimum atomic E-state index is -0.919. The van der Waals surface area contributed by atoms with Gasteiger partial charge in [0.25, 0.3) is 0 Å². The van der Waals surface area contributed by atoms with Crippen LogP contribution >= 0.6 is 15.9 Å². The summed E-state index contributed by atoms with van der Waals surface area (Å²) < 4.78 is 11.9. The monoisotopic (exact) mass is 369 g/mol. The lowest BCUT2D eigenvalue weighted by atomic mass is 9.99. The van der Waals surface area contributed by atoms with Gasteiger partial charge in [-0.25, -0.2) is 0 Å². The van der Waals surface area contributed by atoms with Crippen LogP contribution in [0.5, 0.6) is 5.75 Å². The van der Waals surface area contributed by atoms with Crippen molar-refractivity contribution in [3.8, 4) is 5.75 Å². The number of morpholine rings is 1. The first-order valence-electron chi connectivity index (χ1n) is 7.09. The smallest absolute Gasteiger partial charge is 0.306 e. The molecule has 0 bridgehead atoms. The first-order valence-corrected chi connectivity index (χ1v) is 7.88. The summed E-state index contributed by atoms with van der Waals surface area (Å²) in [7, 11) is 0. The quantitative estimate of drug-likeness (QED) is 0.875. The second kappa shape index (κ2) is 6.26. The van der Waals surface area contributed by atoms with Gasteiger partial charge in [-0.15, -0.1) is 0 Å². The van der Waals surface area contributed by atoms with Gasteiger partial charge >= 0.3 is 5.97 Å². The molecule has 1 saturated heterocycles. The van der Waals surface area contributed by atoms with E-state index in [0.29, 0.717) is 26.3 Å². The van der Waals surface area contributed by atoms with Crippen molar-refractivity contribution in [3.05, 3.63) is 28.2 Å². The van der Waals surface area contributed by atoms with Crippen molar-refractivity contribution in [3.63, 3.8) is 0 Å². The number of benzene rings is 1. The molecule has 2 aliphatic heterocycles. The maximum absolute atomic E-state index is 12.7. The van der Waals surface area contributed by atoms with Gasteiger partial charge in [-0.1, -0.05) is 15.9 Å². The largest absolute Gasteiger partial charge is 0.492 e. The molecule has 1 N–H and O–H groups in total. The van der Waals surface area contributed by atoms with E-state index in [9.17, 15) is 9.59 Å². The van der Waals surface area contributed by atoms with Crippen LogP contribution < -0.4 is 4.74 Å². The fourth-order valence-corrected chi connectivity index (χ4v) is 3.23. The molecule has 118 valence electrons. The Kier molecular flexibility index (Phi) is 4.35. The second-order valence-corrected chi connectivity index (χ2v) is 6.34. The molecule has 22 heavy (non-hydrogen) atoms. The summed E-state index contributed by atoms with van der Waals surface area (Å²) in [4.78, 5) is 25.2. The van der Waals surface area contributed by atoms with E-state index in [2.05, 4.69) is 15.9 Å². The van der Waals surface area contributed by atoms with Crippen LogP contribution in [-0.4, -0.2) is 54.3 Å². The van der Waals surface area contributed by atoms with Gasteiger partial charge in [0.15, 0.2) is 0 Å². The maximum Gasteiger partial charge on any atom is 0.306 e. The third kappa shape index (κ3) is 3.10. The van der Waals surface area contributed by atoms with Crippen molar-refractivity contribution in [1.82, 2.24) is 4.90 Å². The number of hydrogen-bond acceptors (Lipinski definition) is 4. The minimum absolute atomic E-state index is 0.0319. The Hall–Kier alpha value is -1.60. The normalized spacial score (nSPS) is 23.8. The molecule has 0 saturated carbocycles. The van der Waals surface area contributed by atoms with Crippen molar-refractivity contribution in [1.29, 1.82) is 0 Å². The molecule has 2 heterocycles. The average molecular weight is 370 g/mol. The third-order valence-electron chi connectivity index (χ3n) is 3.90. The van der Waals surface area contributed by atoms with Crippen molar-refractivity contribution in [2.45, 2.75) is 18.4 Å². The highest BCUT2D eigenvalue weighted by molar-refractivity contribution is 9.10. The number of carbonyl (C=O) groups is 2. The Balaban J connectivity index is 1.72. The van der Waals surface area contributed by atoms with Gasteiger partial charge in [0.05, 0.1) is 19.1 Å². The van der Waals surface area contributed by atoms with E-state index in [1.807, 2.05) is 18.2 Å². The molecule has 2 unspecified atom stereocenters. The Morgan fingerprint density at radius 3 is 3.00 bits per heavy atom. The molecular weight excluding hydrogens is 354 g/mol. The number of rotatable bonds is 3. The molecule has 2 atom stereocenters. The first-order chi connectivity index (χ1) is 10.5. The fourth-order valence-electron chi connectivity index (χ4n) is 2.85. The van der Waals surface area contributed by atoms with Crippen LogP contribution in [0.4, 0.5) is 0 Å². The van der Waals surface area contributed by atoms with Crippen LogP contribution in [0.25, 0.3) is 0 Å². The van der Waals surface area contributed by atoms with Gasteiger partial charge < -0.3 is 19.5 Å². The predicted molar refractivity (Wildman–Crippen MR) is 81.0 cm³/mol. The predicted octanol–water partition coefficient (Wildman–Crippen LogP) is 1.63. The van der Waals surface area contributed by atoms with Gasteiger partial charge in [-0.2, -0.15) is 0 Å². The average Bonchev–Trinajstić information content (AvgIpc) is 2.89. The number of hydrogen-bond donors (Lipinski definition) is 1. The molecule has 3 rings (SSSR count). The molecule has 2 aliphatic rings. The van der Waals surface area contributed by atoms with E-state index in [4.69, 9.17) is 14.6 Å². The summed E-state index contributed by atoms with van der Waals surface area (Å²) in [5, 5.41) is 8.85. The van der Waals surface area contributed by atoms with Crippen LogP contribution in [0, 0.1) is 0 Å². The van der Waals surface area contributed by atoms with E-state index in [1.165, 1.54) is 0 Å². The van der Waals surface area contributed by atoms with Gasteiger partial charge in [0.1, 0.15) is 18.3 Å². The standard InChI is InChI=1S/C15H16BrNO5/c16-9-1-2-13-11(5-9)12(8-22-13)15(20)17-3-4-21-10(7-17)6-14(18)19/h1-2,5,10,12H,3-4,6-8H2,(H,18,19). The van der Waals surface area contributed by atoms with Crippen molar-refractivity contribution in [2.24, 2.45) is 0 Å². The molecular formula is C15H16BrNO5.